The number of methoxy groups -OCH3 is 2. The van der Waals surface area contributed by atoms with E-state index < -0.39 is 0 Å². The summed E-state index contributed by atoms with van der Waals surface area (Å²) in [4.78, 5) is 12.7. The molecule has 0 saturated heterocycles. The van der Waals surface area contributed by atoms with Gasteiger partial charge in [0.2, 0.25) is 5.75 Å². The highest BCUT2D eigenvalue weighted by molar-refractivity contribution is 5.91. The first-order chi connectivity index (χ1) is 13.3. The molecule has 0 amide bonds. The minimum absolute atomic E-state index is 0.154. The SMILES string of the molecule is CCCCCCOc1c(OC)cc(C(=O)OC(CC)C[N+](C)(C)C)cc1OC. The molecule has 160 valence electrons. The predicted octanol–water partition coefficient (Wildman–Crippen LogP) is 4.30. The number of carbonyl (C=O) groups excluding carboxylic acids is 1. The molecule has 0 N–H and O–H groups in total. The Hall–Kier alpha value is -1.95. The second-order valence-electron chi connectivity index (χ2n) is 8.03. The van der Waals surface area contributed by atoms with Crippen LogP contribution in [0.1, 0.15) is 56.3 Å². The van der Waals surface area contributed by atoms with E-state index in [0.717, 1.165) is 30.3 Å². The van der Waals surface area contributed by atoms with Crippen molar-refractivity contribution >= 4 is 5.97 Å². The van der Waals surface area contributed by atoms with Crippen LogP contribution in [0.3, 0.4) is 0 Å². The molecule has 0 aromatic heterocycles. The number of hydrogen-bond donors (Lipinski definition) is 0. The number of rotatable bonds is 13. The molecule has 0 bridgehead atoms. The Balaban J connectivity index is 2.94. The number of ether oxygens (including phenoxy) is 4. The molecule has 0 aliphatic rings. The molecule has 0 radical (unpaired) electrons. The standard InChI is InChI=1S/C22H38NO5/c1-8-10-11-12-13-27-21-19(25-6)14-17(15-20(21)26-7)22(24)28-18(9-2)16-23(3,4)5/h14-15,18H,8-13,16H2,1-7H3/q+1. The number of quaternary nitrogens is 1. The average Bonchev–Trinajstić information content (AvgIpc) is 2.65. The van der Waals surface area contributed by atoms with Crippen molar-refractivity contribution in [1.29, 1.82) is 0 Å². The van der Waals surface area contributed by atoms with E-state index in [1.807, 2.05) is 6.92 Å². The van der Waals surface area contributed by atoms with Crippen molar-refractivity contribution in [2.24, 2.45) is 0 Å². The number of esters is 1. The van der Waals surface area contributed by atoms with Gasteiger partial charge in [0, 0.05) is 0 Å². The van der Waals surface area contributed by atoms with Gasteiger partial charge in [0.25, 0.3) is 0 Å². The molecule has 1 unspecified atom stereocenters. The van der Waals surface area contributed by atoms with Crippen LogP contribution in [0.25, 0.3) is 0 Å². The molecular weight excluding hydrogens is 358 g/mol. The Kier molecular flexibility index (Phi) is 10.1. The molecule has 0 saturated carbocycles. The van der Waals surface area contributed by atoms with Crippen LogP contribution in [0.2, 0.25) is 0 Å². The minimum Gasteiger partial charge on any atom is -0.493 e. The lowest BCUT2D eigenvalue weighted by atomic mass is 10.1. The smallest absolute Gasteiger partial charge is 0.338 e. The van der Waals surface area contributed by atoms with Crippen LogP contribution >= 0.6 is 0 Å². The van der Waals surface area contributed by atoms with Crippen LogP contribution in [-0.2, 0) is 4.74 Å². The summed E-state index contributed by atoms with van der Waals surface area (Å²) >= 11 is 0. The van der Waals surface area contributed by atoms with Gasteiger partial charge in [-0.05, 0) is 25.0 Å². The van der Waals surface area contributed by atoms with E-state index in [1.54, 1.807) is 26.4 Å². The summed E-state index contributed by atoms with van der Waals surface area (Å²) in [5.74, 6) is 1.09. The zero-order valence-electron chi connectivity index (χ0n) is 18.7. The first-order valence-electron chi connectivity index (χ1n) is 10.2. The summed E-state index contributed by atoms with van der Waals surface area (Å²) in [6.07, 6.45) is 5.06. The van der Waals surface area contributed by atoms with Crippen molar-refractivity contribution in [3.8, 4) is 17.2 Å². The molecular formula is C22H38NO5+. The van der Waals surface area contributed by atoms with Gasteiger partial charge in [-0.3, -0.25) is 0 Å². The molecule has 1 aromatic carbocycles. The first-order valence-corrected chi connectivity index (χ1v) is 10.2. The lowest BCUT2D eigenvalue weighted by molar-refractivity contribution is -0.873. The highest BCUT2D eigenvalue weighted by Crippen LogP contribution is 2.39. The monoisotopic (exact) mass is 396 g/mol. The Morgan fingerprint density at radius 3 is 2.07 bits per heavy atom. The van der Waals surface area contributed by atoms with Crippen LogP contribution in [0.4, 0.5) is 0 Å². The average molecular weight is 397 g/mol. The van der Waals surface area contributed by atoms with Gasteiger partial charge in [0.1, 0.15) is 6.54 Å². The zero-order chi connectivity index (χ0) is 21.2. The molecule has 1 aromatic rings. The van der Waals surface area contributed by atoms with Gasteiger partial charge in [0.15, 0.2) is 17.6 Å². The Labute approximate surface area is 170 Å². The lowest BCUT2D eigenvalue weighted by Crippen LogP contribution is -2.42. The Morgan fingerprint density at radius 2 is 1.61 bits per heavy atom. The van der Waals surface area contributed by atoms with Crippen molar-refractivity contribution in [2.45, 2.75) is 52.1 Å². The quantitative estimate of drug-likeness (QED) is 0.283. The summed E-state index contributed by atoms with van der Waals surface area (Å²) in [6.45, 7) is 5.52. The second-order valence-corrected chi connectivity index (χ2v) is 8.03. The Bertz CT molecular complexity index is 584. The van der Waals surface area contributed by atoms with Crippen LogP contribution < -0.4 is 14.2 Å². The van der Waals surface area contributed by atoms with Crippen molar-refractivity contribution < 1.29 is 28.2 Å². The number of unbranched alkanes of at least 4 members (excludes halogenated alkanes) is 3. The molecule has 1 rings (SSSR count). The lowest BCUT2D eigenvalue weighted by Gasteiger charge is -2.28. The number of carbonyl (C=O) groups is 1. The van der Waals surface area contributed by atoms with Gasteiger partial charge in [-0.2, -0.15) is 0 Å². The molecule has 0 spiro atoms. The van der Waals surface area contributed by atoms with E-state index in [0.29, 0.717) is 29.4 Å². The van der Waals surface area contributed by atoms with E-state index in [4.69, 9.17) is 18.9 Å². The number of nitrogens with zero attached hydrogens (tertiary/aromatic N) is 1. The predicted molar refractivity (Wildman–Crippen MR) is 112 cm³/mol. The third-order valence-corrected chi connectivity index (χ3v) is 4.42. The van der Waals surface area contributed by atoms with Crippen LogP contribution in [0.15, 0.2) is 12.1 Å². The maximum absolute atomic E-state index is 12.7. The number of benzene rings is 1. The Morgan fingerprint density at radius 1 is 1.00 bits per heavy atom. The molecule has 0 heterocycles. The van der Waals surface area contributed by atoms with Crippen molar-refractivity contribution in [2.75, 3.05) is 48.5 Å². The molecule has 1 atom stereocenters. The molecule has 0 aliphatic heterocycles. The summed E-state index contributed by atoms with van der Waals surface area (Å²) in [5, 5.41) is 0. The van der Waals surface area contributed by atoms with Gasteiger partial charge < -0.3 is 23.4 Å². The maximum Gasteiger partial charge on any atom is 0.338 e. The first kappa shape index (κ1) is 24.1. The maximum atomic E-state index is 12.7. The number of hydrogen-bond acceptors (Lipinski definition) is 5. The fourth-order valence-corrected chi connectivity index (χ4v) is 2.92. The molecule has 6 heteroatoms. The van der Waals surface area contributed by atoms with Gasteiger partial charge in [-0.15, -0.1) is 0 Å². The van der Waals surface area contributed by atoms with Gasteiger partial charge >= 0.3 is 5.97 Å². The van der Waals surface area contributed by atoms with E-state index >= 15 is 0 Å². The highest BCUT2D eigenvalue weighted by Gasteiger charge is 2.24. The van der Waals surface area contributed by atoms with Crippen molar-refractivity contribution in [3.05, 3.63) is 17.7 Å². The fourth-order valence-electron chi connectivity index (χ4n) is 2.92. The number of likely N-dealkylation sites (N-methyl/N-ethyl adjacent to an activating group) is 1. The van der Waals surface area contributed by atoms with E-state index in [1.165, 1.54) is 12.8 Å². The molecule has 6 nitrogen and oxygen atoms in total. The van der Waals surface area contributed by atoms with Crippen LogP contribution in [0, 0.1) is 0 Å². The van der Waals surface area contributed by atoms with Crippen LogP contribution in [0.5, 0.6) is 17.2 Å². The third kappa shape index (κ3) is 7.97. The molecule has 0 fully saturated rings. The third-order valence-electron chi connectivity index (χ3n) is 4.42. The highest BCUT2D eigenvalue weighted by atomic mass is 16.5. The zero-order valence-corrected chi connectivity index (χ0v) is 18.7. The fraction of sp³-hybridized carbons (Fsp3) is 0.682. The molecule has 28 heavy (non-hydrogen) atoms. The summed E-state index contributed by atoms with van der Waals surface area (Å²) in [5.41, 5.74) is 0.395. The second kappa shape index (κ2) is 11.8. The topological polar surface area (TPSA) is 54.0 Å². The van der Waals surface area contributed by atoms with Gasteiger partial charge in [-0.25, -0.2) is 4.79 Å². The summed E-state index contributed by atoms with van der Waals surface area (Å²) in [6, 6.07) is 3.32. The van der Waals surface area contributed by atoms with Crippen molar-refractivity contribution in [1.82, 2.24) is 0 Å². The van der Waals surface area contributed by atoms with Crippen molar-refractivity contribution in [3.63, 3.8) is 0 Å². The van der Waals surface area contributed by atoms with Crippen LogP contribution in [-0.4, -0.2) is 65.1 Å². The van der Waals surface area contributed by atoms with E-state index in [2.05, 4.69) is 28.1 Å². The van der Waals surface area contributed by atoms with Gasteiger partial charge in [0.05, 0.1) is 47.5 Å². The summed E-state index contributed by atoms with van der Waals surface area (Å²) < 4.78 is 23.2. The largest absolute Gasteiger partial charge is 0.493 e. The molecule has 0 aliphatic carbocycles. The van der Waals surface area contributed by atoms with E-state index in [-0.39, 0.29) is 12.1 Å². The summed E-state index contributed by atoms with van der Waals surface area (Å²) in [7, 11) is 9.35. The normalized spacial score (nSPS) is 12.4. The minimum atomic E-state index is -0.383. The van der Waals surface area contributed by atoms with E-state index in [9.17, 15) is 4.79 Å². The van der Waals surface area contributed by atoms with Gasteiger partial charge in [-0.1, -0.05) is 33.1 Å².